The van der Waals surface area contributed by atoms with Gasteiger partial charge in [-0.15, -0.1) is 11.8 Å². The lowest BCUT2D eigenvalue weighted by Crippen LogP contribution is -2.47. The number of ether oxygens (including phenoxy) is 1. The molecule has 1 unspecified atom stereocenters. The summed E-state index contributed by atoms with van der Waals surface area (Å²) in [5, 5.41) is 19.2. The molecule has 9 nitrogen and oxygen atoms in total. The predicted octanol–water partition coefficient (Wildman–Crippen LogP) is 5.62. The fraction of sp³-hybridized carbons (Fsp3) is 0.273. The number of hydrogen-bond acceptors (Lipinski definition) is 7. The fourth-order valence-electron chi connectivity index (χ4n) is 5.24. The second-order valence-corrected chi connectivity index (χ2v) is 11.9. The van der Waals surface area contributed by atoms with Crippen molar-refractivity contribution in [1.29, 1.82) is 0 Å². The summed E-state index contributed by atoms with van der Waals surface area (Å²) in [6.07, 6.45) is 2.99. The Morgan fingerprint density at radius 1 is 0.932 bits per heavy atom. The monoisotopic (exact) mass is 631 g/mol. The highest BCUT2D eigenvalue weighted by Gasteiger charge is 2.33. The van der Waals surface area contributed by atoms with Crippen LogP contribution in [0, 0.1) is 0 Å². The van der Waals surface area contributed by atoms with E-state index in [0.717, 1.165) is 28.3 Å². The van der Waals surface area contributed by atoms with E-state index in [1.807, 2.05) is 84.9 Å². The molecule has 11 heteroatoms. The summed E-state index contributed by atoms with van der Waals surface area (Å²) in [4.78, 5) is 35.7. The van der Waals surface area contributed by atoms with E-state index in [9.17, 15) is 14.7 Å². The first-order valence-corrected chi connectivity index (χ1v) is 15.8. The van der Waals surface area contributed by atoms with Crippen LogP contribution in [0.3, 0.4) is 0 Å². The largest absolute Gasteiger partial charge is 0.465 e. The zero-order chi connectivity index (χ0) is 30.7. The lowest BCUT2D eigenvalue weighted by Gasteiger charge is -2.31. The first kappa shape index (κ1) is 31.5. The molecule has 1 aliphatic rings. The highest BCUT2D eigenvalue weighted by molar-refractivity contribution is 7.99. The Kier molecular flexibility index (Phi) is 11.2. The smallest absolute Gasteiger partial charge is 0.405 e. The molecule has 1 saturated heterocycles. The lowest BCUT2D eigenvalue weighted by atomic mass is 9.84. The van der Waals surface area contributed by atoms with Crippen LogP contribution in [0.4, 0.5) is 10.6 Å². The number of aromatic nitrogens is 2. The number of carbonyl (C=O) groups is 2. The number of halogens is 1. The van der Waals surface area contributed by atoms with Crippen LogP contribution in [-0.2, 0) is 16.0 Å². The van der Waals surface area contributed by atoms with Gasteiger partial charge in [0.2, 0.25) is 5.91 Å². The summed E-state index contributed by atoms with van der Waals surface area (Å²) < 4.78 is 6.37. The van der Waals surface area contributed by atoms with Crippen LogP contribution < -0.4 is 16.0 Å². The van der Waals surface area contributed by atoms with Gasteiger partial charge in [-0.2, -0.15) is 0 Å². The Morgan fingerprint density at radius 3 is 2.23 bits per heavy atom. The van der Waals surface area contributed by atoms with Gasteiger partial charge < -0.3 is 25.8 Å². The van der Waals surface area contributed by atoms with E-state index in [1.165, 1.54) is 6.20 Å². The molecule has 0 aliphatic carbocycles. The number of hydrogen-bond donors (Lipinski definition) is 4. The molecule has 0 radical (unpaired) electrons. The molecule has 3 aromatic carbocycles. The molecule has 228 valence electrons. The van der Waals surface area contributed by atoms with Crippen LogP contribution in [0.15, 0.2) is 102 Å². The third-order valence-corrected chi connectivity index (χ3v) is 8.71. The number of benzene rings is 3. The van der Waals surface area contributed by atoms with Gasteiger partial charge >= 0.3 is 6.09 Å². The number of rotatable bonds is 12. The molecule has 44 heavy (non-hydrogen) atoms. The van der Waals surface area contributed by atoms with Gasteiger partial charge in [-0.05, 0) is 48.2 Å². The van der Waals surface area contributed by atoms with Crippen molar-refractivity contribution in [2.75, 3.05) is 24.2 Å². The fourth-order valence-corrected chi connectivity index (χ4v) is 6.27. The molecule has 3 atom stereocenters. The van der Waals surface area contributed by atoms with Gasteiger partial charge in [-0.3, -0.25) is 9.78 Å². The van der Waals surface area contributed by atoms with Crippen molar-refractivity contribution in [3.05, 3.63) is 119 Å². The summed E-state index contributed by atoms with van der Waals surface area (Å²) in [5.74, 6) is 0.00687. The Labute approximate surface area is 265 Å². The van der Waals surface area contributed by atoms with Crippen molar-refractivity contribution >= 4 is 41.2 Å². The molecule has 5 rings (SSSR count). The summed E-state index contributed by atoms with van der Waals surface area (Å²) in [6, 6.07) is 25.4. The average molecular weight is 632 g/mol. The molecule has 0 bridgehead atoms. The summed E-state index contributed by atoms with van der Waals surface area (Å²) in [6.45, 7) is 1.48. The topological polar surface area (TPSA) is 125 Å². The minimum absolute atomic E-state index is 0.0351. The normalized spacial score (nSPS) is 17.1. The molecule has 0 spiro atoms. The van der Waals surface area contributed by atoms with E-state index < -0.39 is 24.0 Å². The van der Waals surface area contributed by atoms with Crippen LogP contribution in [0.5, 0.6) is 0 Å². The molecule has 0 saturated carbocycles. The third-order valence-electron chi connectivity index (χ3n) is 7.31. The quantitative estimate of drug-likeness (QED) is 0.149. The summed E-state index contributed by atoms with van der Waals surface area (Å²) in [5.41, 5.74) is 2.21. The number of carboxylic acid groups (broad SMARTS) is 1. The first-order valence-electron chi connectivity index (χ1n) is 14.4. The Balaban J connectivity index is 1.26. The number of nitrogens with one attached hydrogen (secondary N) is 3. The zero-order valence-corrected chi connectivity index (χ0v) is 25.5. The number of aryl methyl sites for hydroxylation is 1. The van der Waals surface area contributed by atoms with E-state index in [4.69, 9.17) is 16.3 Å². The second kappa shape index (κ2) is 15.7. The highest BCUT2D eigenvalue weighted by atomic mass is 35.5. The minimum Gasteiger partial charge on any atom is -0.465 e. The van der Waals surface area contributed by atoms with Crippen LogP contribution >= 0.6 is 23.4 Å². The molecule has 4 N–H and O–H groups in total. The Hall–Kier alpha value is -3.96. The molecule has 1 aromatic heterocycles. The zero-order valence-electron chi connectivity index (χ0n) is 23.9. The standard InChI is InChI=1S/C33H34ClN5O4S/c34-24-11-14-27(15-12-24)44-21-26-20-35-19-25(43-26)13-16-28-31(37-18-17-36-28)39-32(40)30(38-33(41)42)29(22-7-3-1-4-8-22)23-9-5-2-6-10-23/h1-12,14-15,17-18,25-26,29-30,35,38H,13,16,19-21H2,(H,41,42)(H,37,39,40)/t25-,26+,30?/m1/s1. The molecule has 2 heterocycles. The Bertz CT molecular complexity index is 1470. The van der Waals surface area contributed by atoms with Crippen LogP contribution in [0.1, 0.15) is 29.2 Å². The van der Waals surface area contributed by atoms with E-state index >= 15 is 0 Å². The minimum atomic E-state index is -1.30. The second-order valence-electron chi connectivity index (χ2n) is 10.4. The van der Waals surface area contributed by atoms with Gasteiger partial charge in [-0.25, -0.2) is 9.78 Å². The molecule has 1 fully saturated rings. The van der Waals surface area contributed by atoms with Crippen molar-refractivity contribution in [2.45, 2.75) is 41.9 Å². The number of amides is 2. The molecular formula is C33H34ClN5O4S. The SMILES string of the molecule is O=C(O)NC(C(=O)Nc1nccnc1CC[C@@H]1CNC[C@@H](CSc2ccc(Cl)cc2)O1)C(c1ccccc1)c1ccccc1. The van der Waals surface area contributed by atoms with Gasteiger partial charge in [-0.1, -0.05) is 72.3 Å². The van der Waals surface area contributed by atoms with Gasteiger partial charge in [0.15, 0.2) is 5.82 Å². The predicted molar refractivity (Wildman–Crippen MR) is 172 cm³/mol. The van der Waals surface area contributed by atoms with Gasteiger partial charge in [0.05, 0.1) is 17.9 Å². The van der Waals surface area contributed by atoms with Gasteiger partial charge in [0.1, 0.15) is 6.04 Å². The number of thioether (sulfide) groups is 1. The molecule has 4 aromatic rings. The molecule has 1 aliphatic heterocycles. The van der Waals surface area contributed by atoms with E-state index in [-0.39, 0.29) is 12.2 Å². The van der Waals surface area contributed by atoms with Crippen molar-refractivity contribution in [1.82, 2.24) is 20.6 Å². The number of carbonyl (C=O) groups excluding carboxylic acids is 1. The average Bonchev–Trinajstić information content (AvgIpc) is 3.05. The maximum absolute atomic E-state index is 13.8. The van der Waals surface area contributed by atoms with Crippen LogP contribution in [-0.4, -0.2) is 64.2 Å². The lowest BCUT2D eigenvalue weighted by molar-refractivity contribution is -0.118. The van der Waals surface area contributed by atoms with Gasteiger partial charge in [0, 0.05) is 47.1 Å². The number of nitrogens with zero attached hydrogens (tertiary/aromatic N) is 2. The van der Waals surface area contributed by atoms with Crippen LogP contribution in [0.2, 0.25) is 5.02 Å². The van der Waals surface area contributed by atoms with E-state index in [0.29, 0.717) is 35.9 Å². The highest BCUT2D eigenvalue weighted by Crippen LogP contribution is 2.29. The molecular weight excluding hydrogens is 598 g/mol. The third kappa shape index (κ3) is 8.79. The first-order chi connectivity index (χ1) is 21.5. The van der Waals surface area contributed by atoms with Crippen molar-refractivity contribution in [3.8, 4) is 0 Å². The summed E-state index contributed by atoms with van der Waals surface area (Å²) >= 11 is 7.73. The Morgan fingerprint density at radius 2 is 1.57 bits per heavy atom. The van der Waals surface area contributed by atoms with Gasteiger partial charge in [0.25, 0.3) is 0 Å². The van der Waals surface area contributed by atoms with Crippen molar-refractivity contribution < 1.29 is 19.4 Å². The maximum Gasteiger partial charge on any atom is 0.405 e. The number of anilines is 1. The molecule has 2 amide bonds. The number of morpholine rings is 1. The van der Waals surface area contributed by atoms with E-state index in [2.05, 4.69) is 25.9 Å². The maximum atomic E-state index is 13.8. The summed E-state index contributed by atoms with van der Waals surface area (Å²) in [7, 11) is 0. The van der Waals surface area contributed by atoms with E-state index in [1.54, 1.807) is 18.0 Å². The van der Waals surface area contributed by atoms with Crippen molar-refractivity contribution in [2.24, 2.45) is 0 Å². The van der Waals surface area contributed by atoms with Crippen molar-refractivity contribution in [3.63, 3.8) is 0 Å². The van der Waals surface area contributed by atoms with Crippen LogP contribution in [0.25, 0.3) is 0 Å².